The van der Waals surface area contributed by atoms with E-state index in [1.165, 1.54) is 18.4 Å². The summed E-state index contributed by atoms with van der Waals surface area (Å²) in [5.74, 6) is 2.39. The molecule has 0 bridgehead atoms. The van der Waals surface area contributed by atoms with Gasteiger partial charge in [-0.25, -0.2) is 0 Å². The van der Waals surface area contributed by atoms with Crippen LogP contribution in [0.5, 0.6) is 0 Å². The van der Waals surface area contributed by atoms with Crippen LogP contribution in [0.25, 0.3) is 0 Å². The molecule has 0 aromatic heterocycles. The van der Waals surface area contributed by atoms with Gasteiger partial charge in [0.15, 0.2) is 0 Å². The van der Waals surface area contributed by atoms with Crippen molar-refractivity contribution in [2.45, 2.75) is 131 Å². The topological polar surface area (TPSA) is 60.7 Å². The summed E-state index contributed by atoms with van der Waals surface area (Å²) >= 11 is 0. The molecule has 34 heavy (non-hydrogen) atoms. The third-order valence-corrected chi connectivity index (χ3v) is 12.9. The minimum atomic E-state index is -0.621. The highest BCUT2D eigenvalue weighted by molar-refractivity contribution is 5.31. The van der Waals surface area contributed by atoms with Crippen LogP contribution in [0.15, 0.2) is 11.6 Å². The van der Waals surface area contributed by atoms with Crippen molar-refractivity contribution in [3.05, 3.63) is 11.6 Å². The van der Waals surface area contributed by atoms with Crippen molar-refractivity contribution in [1.29, 1.82) is 0 Å². The molecule has 4 rings (SSSR count). The van der Waals surface area contributed by atoms with Crippen LogP contribution < -0.4 is 0 Å². The monoisotopic (exact) mass is 474 g/mol. The van der Waals surface area contributed by atoms with Crippen LogP contribution in [-0.4, -0.2) is 33.1 Å². The lowest BCUT2D eigenvalue weighted by molar-refractivity contribution is -0.204. The third-order valence-electron chi connectivity index (χ3n) is 12.9. The number of hydrogen-bond acceptors (Lipinski definition) is 3. The van der Waals surface area contributed by atoms with Gasteiger partial charge in [-0.2, -0.15) is 0 Å². The Labute approximate surface area is 209 Å². The summed E-state index contributed by atoms with van der Waals surface area (Å²) in [6.07, 6.45) is 10.4. The molecule has 0 aromatic rings. The second kappa shape index (κ2) is 8.32. The minimum absolute atomic E-state index is 0.108. The first-order chi connectivity index (χ1) is 15.5. The number of aliphatic hydroxyl groups excluding tert-OH is 2. The number of fused-ring (bicyclic) bond motifs is 5. The summed E-state index contributed by atoms with van der Waals surface area (Å²) in [4.78, 5) is 0. The van der Waals surface area contributed by atoms with Crippen LogP contribution in [0.2, 0.25) is 0 Å². The van der Waals surface area contributed by atoms with E-state index < -0.39 is 5.60 Å². The predicted octanol–water partition coefficient (Wildman–Crippen LogP) is 6.75. The Morgan fingerprint density at radius 3 is 2.21 bits per heavy atom. The van der Waals surface area contributed by atoms with Gasteiger partial charge in [0.05, 0.1) is 17.8 Å². The van der Waals surface area contributed by atoms with Crippen molar-refractivity contribution >= 4 is 0 Å². The van der Waals surface area contributed by atoms with Gasteiger partial charge in [0.2, 0.25) is 0 Å². The Hall–Kier alpha value is -0.380. The fourth-order valence-electron chi connectivity index (χ4n) is 9.73. The van der Waals surface area contributed by atoms with E-state index in [0.29, 0.717) is 29.6 Å². The molecule has 0 heterocycles. The van der Waals surface area contributed by atoms with E-state index in [4.69, 9.17) is 0 Å². The molecule has 0 radical (unpaired) electrons. The average Bonchev–Trinajstić information content (AvgIpc) is 2.99. The maximum absolute atomic E-state index is 12.0. The van der Waals surface area contributed by atoms with Crippen molar-refractivity contribution in [3.8, 4) is 0 Å². The highest BCUT2D eigenvalue weighted by Gasteiger charge is 2.70. The van der Waals surface area contributed by atoms with Crippen molar-refractivity contribution in [2.24, 2.45) is 51.2 Å². The smallest absolute Gasteiger partial charge is 0.0628 e. The third kappa shape index (κ3) is 3.61. The van der Waals surface area contributed by atoms with Crippen LogP contribution in [0, 0.1) is 51.2 Å². The SMILES string of the molecule is CC(CCC(C)C(C)(C)O)C1CCC2(C)C3CC=C4C(CCC(O)C4(C)C)C3(C)C(O)CC12C. The van der Waals surface area contributed by atoms with Crippen molar-refractivity contribution < 1.29 is 15.3 Å². The summed E-state index contributed by atoms with van der Waals surface area (Å²) in [6, 6.07) is 0. The molecule has 0 amide bonds. The molecule has 10 atom stereocenters. The Morgan fingerprint density at radius 1 is 0.941 bits per heavy atom. The largest absolute Gasteiger partial charge is 0.393 e. The van der Waals surface area contributed by atoms with E-state index in [0.717, 1.165) is 38.5 Å². The highest BCUT2D eigenvalue weighted by Crippen LogP contribution is 2.75. The number of allylic oxidation sites excluding steroid dienone is 1. The maximum atomic E-state index is 12.0. The van der Waals surface area contributed by atoms with Crippen molar-refractivity contribution in [1.82, 2.24) is 0 Å². The molecule has 10 unspecified atom stereocenters. The van der Waals surface area contributed by atoms with E-state index in [2.05, 4.69) is 54.5 Å². The molecule has 3 heteroatoms. The lowest BCUT2D eigenvalue weighted by Crippen LogP contribution is -2.64. The van der Waals surface area contributed by atoms with Gasteiger partial charge in [-0.1, -0.05) is 66.5 Å². The van der Waals surface area contributed by atoms with Gasteiger partial charge < -0.3 is 15.3 Å². The minimum Gasteiger partial charge on any atom is -0.393 e. The Balaban J connectivity index is 1.63. The van der Waals surface area contributed by atoms with E-state index in [1.54, 1.807) is 0 Å². The van der Waals surface area contributed by atoms with Crippen LogP contribution in [0.4, 0.5) is 0 Å². The van der Waals surface area contributed by atoms with E-state index >= 15 is 0 Å². The van der Waals surface area contributed by atoms with E-state index in [9.17, 15) is 15.3 Å². The zero-order valence-electron chi connectivity index (χ0n) is 23.6. The molecular weight excluding hydrogens is 420 g/mol. The van der Waals surface area contributed by atoms with E-state index in [-0.39, 0.29) is 33.9 Å². The average molecular weight is 475 g/mol. The molecule has 4 aliphatic rings. The van der Waals surface area contributed by atoms with Gasteiger partial charge in [0, 0.05) is 10.8 Å². The first kappa shape index (κ1) is 26.7. The summed E-state index contributed by atoms with van der Waals surface area (Å²) in [6.45, 7) is 20.4. The van der Waals surface area contributed by atoms with Gasteiger partial charge in [0.1, 0.15) is 0 Å². The molecular formula is C31H54O3. The number of hydrogen-bond donors (Lipinski definition) is 3. The predicted molar refractivity (Wildman–Crippen MR) is 140 cm³/mol. The lowest BCUT2D eigenvalue weighted by atomic mass is 9.38. The molecule has 0 aliphatic heterocycles. The standard InChI is InChI=1S/C31H54O3/c1-19(10-11-20(2)28(5,6)34)21-16-17-29(7)24-14-12-22-23(13-15-25(32)27(22,3)4)31(24,9)26(33)18-30(21,29)8/h12,19-21,23-26,32-34H,10-11,13-18H2,1-9H3. The molecule has 196 valence electrons. The first-order valence-electron chi connectivity index (χ1n) is 14.3. The van der Waals surface area contributed by atoms with Crippen molar-refractivity contribution in [3.63, 3.8) is 0 Å². The quantitative estimate of drug-likeness (QED) is 0.386. The zero-order chi connectivity index (χ0) is 25.5. The molecule has 0 spiro atoms. The second-order valence-electron chi connectivity index (χ2n) is 15.0. The fourth-order valence-corrected chi connectivity index (χ4v) is 9.73. The number of aliphatic hydroxyl groups is 3. The van der Waals surface area contributed by atoms with Gasteiger partial charge in [-0.05, 0) is 99.2 Å². The molecule has 3 saturated carbocycles. The molecule has 3 N–H and O–H groups in total. The highest BCUT2D eigenvalue weighted by atomic mass is 16.3. The zero-order valence-corrected chi connectivity index (χ0v) is 23.6. The van der Waals surface area contributed by atoms with Gasteiger partial charge >= 0.3 is 0 Å². The Kier molecular flexibility index (Phi) is 6.53. The molecule has 3 fully saturated rings. The Morgan fingerprint density at radius 2 is 1.59 bits per heavy atom. The normalized spacial score (nSPS) is 47.8. The lowest BCUT2D eigenvalue weighted by Gasteiger charge is -2.67. The van der Waals surface area contributed by atoms with E-state index in [1.807, 2.05) is 13.8 Å². The van der Waals surface area contributed by atoms with Gasteiger partial charge in [-0.3, -0.25) is 0 Å². The van der Waals surface area contributed by atoms with Gasteiger partial charge in [-0.15, -0.1) is 0 Å². The molecule has 0 saturated heterocycles. The van der Waals surface area contributed by atoms with Gasteiger partial charge in [0.25, 0.3) is 0 Å². The van der Waals surface area contributed by atoms with Crippen LogP contribution in [0.3, 0.4) is 0 Å². The second-order valence-corrected chi connectivity index (χ2v) is 15.0. The summed E-state index contributed by atoms with van der Waals surface area (Å²) in [5.41, 5.74) is 0.864. The fraction of sp³-hybridized carbons (Fsp3) is 0.935. The number of rotatable bonds is 5. The van der Waals surface area contributed by atoms with Crippen LogP contribution in [0.1, 0.15) is 114 Å². The Bertz CT molecular complexity index is 808. The first-order valence-corrected chi connectivity index (χ1v) is 14.3. The van der Waals surface area contributed by atoms with Crippen LogP contribution in [-0.2, 0) is 0 Å². The molecule has 0 aromatic carbocycles. The molecule has 3 nitrogen and oxygen atoms in total. The molecule has 4 aliphatic carbocycles. The summed E-state index contributed by atoms with van der Waals surface area (Å²) < 4.78 is 0. The summed E-state index contributed by atoms with van der Waals surface area (Å²) in [5, 5.41) is 33.2. The van der Waals surface area contributed by atoms with Crippen LogP contribution >= 0.6 is 0 Å². The summed E-state index contributed by atoms with van der Waals surface area (Å²) in [7, 11) is 0. The maximum Gasteiger partial charge on any atom is 0.0628 e. The van der Waals surface area contributed by atoms with Crippen molar-refractivity contribution in [2.75, 3.05) is 0 Å².